The molecule has 5 nitrogen and oxygen atoms in total. The highest BCUT2D eigenvalue weighted by molar-refractivity contribution is 6.20. The first-order valence-electron chi connectivity index (χ1n) is 7.80. The Morgan fingerprint density at radius 2 is 2.14 bits per heavy atom. The zero-order valence-corrected chi connectivity index (χ0v) is 14.1. The third kappa shape index (κ3) is 2.69. The van der Waals surface area contributed by atoms with Crippen molar-refractivity contribution >= 4 is 22.8 Å². The van der Waals surface area contributed by atoms with Crippen LogP contribution >= 0.6 is 11.6 Å². The summed E-state index contributed by atoms with van der Waals surface area (Å²) in [5, 5.41) is 4.39. The molecule has 6 heteroatoms. The molecule has 1 unspecified atom stereocenters. The number of hydrogen-bond acceptors (Lipinski definition) is 3. The van der Waals surface area contributed by atoms with Gasteiger partial charge in [-0.1, -0.05) is 6.92 Å². The summed E-state index contributed by atoms with van der Waals surface area (Å²) in [4.78, 5) is 7.28. The van der Waals surface area contributed by atoms with Gasteiger partial charge >= 0.3 is 0 Å². The third-order valence-corrected chi connectivity index (χ3v) is 4.55. The van der Waals surface area contributed by atoms with Crippen molar-refractivity contribution in [2.75, 3.05) is 13.1 Å². The average Bonchev–Trinajstić information content (AvgIpc) is 3.12. The predicted molar refractivity (Wildman–Crippen MR) is 85.8 cm³/mol. The SMILES string of the molecule is CCN(CCn1c(C(C)Cl)nc2c(C)nn(C)c21)C1CC1. The van der Waals surface area contributed by atoms with E-state index in [0.29, 0.717) is 0 Å². The minimum atomic E-state index is -0.0900. The average molecular weight is 310 g/mol. The summed E-state index contributed by atoms with van der Waals surface area (Å²) in [6.07, 6.45) is 2.69. The predicted octanol–water partition coefficient (Wildman–Crippen LogP) is 2.86. The Hall–Kier alpha value is -1.07. The van der Waals surface area contributed by atoms with Crippen LogP contribution in [0.4, 0.5) is 0 Å². The van der Waals surface area contributed by atoms with Gasteiger partial charge in [0, 0.05) is 26.2 Å². The van der Waals surface area contributed by atoms with Crippen LogP contribution in [0.25, 0.3) is 11.2 Å². The van der Waals surface area contributed by atoms with E-state index >= 15 is 0 Å². The van der Waals surface area contributed by atoms with Crippen LogP contribution in [0.2, 0.25) is 0 Å². The monoisotopic (exact) mass is 309 g/mol. The summed E-state index contributed by atoms with van der Waals surface area (Å²) < 4.78 is 4.17. The van der Waals surface area contributed by atoms with Crippen LogP contribution < -0.4 is 0 Å². The van der Waals surface area contributed by atoms with Gasteiger partial charge in [0.2, 0.25) is 0 Å². The maximum Gasteiger partial charge on any atom is 0.158 e. The molecule has 0 aromatic carbocycles. The summed E-state index contributed by atoms with van der Waals surface area (Å²) in [6.45, 7) is 9.31. The van der Waals surface area contributed by atoms with E-state index in [1.807, 2.05) is 25.6 Å². The fraction of sp³-hybridized carbons (Fsp3) is 0.733. The third-order valence-electron chi connectivity index (χ3n) is 4.36. The van der Waals surface area contributed by atoms with Gasteiger partial charge in [0.1, 0.15) is 11.3 Å². The number of nitrogens with zero attached hydrogens (tertiary/aromatic N) is 5. The van der Waals surface area contributed by atoms with E-state index in [9.17, 15) is 0 Å². The van der Waals surface area contributed by atoms with Crippen LogP contribution in [0.15, 0.2) is 0 Å². The number of aryl methyl sites for hydroxylation is 2. The number of imidazole rings is 1. The molecule has 2 aromatic rings. The Kier molecular flexibility index (Phi) is 3.97. The Bertz CT molecular complexity index is 638. The van der Waals surface area contributed by atoms with Crippen LogP contribution in [-0.4, -0.2) is 43.4 Å². The lowest BCUT2D eigenvalue weighted by Crippen LogP contribution is -2.30. The highest BCUT2D eigenvalue weighted by Gasteiger charge is 2.28. The number of fused-ring (bicyclic) bond motifs is 1. The Balaban J connectivity index is 1.92. The Morgan fingerprint density at radius 1 is 1.43 bits per heavy atom. The first-order valence-corrected chi connectivity index (χ1v) is 8.24. The molecule has 1 saturated carbocycles. The minimum absolute atomic E-state index is 0.0900. The molecule has 1 fully saturated rings. The lowest BCUT2D eigenvalue weighted by Gasteiger charge is -2.21. The van der Waals surface area contributed by atoms with Gasteiger partial charge in [-0.15, -0.1) is 11.6 Å². The molecular weight excluding hydrogens is 286 g/mol. The Labute approximate surface area is 130 Å². The second-order valence-electron chi connectivity index (χ2n) is 5.98. The zero-order valence-electron chi connectivity index (χ0n) is 13.3. The number of hydrogen-bond donors (Lipinski definition) is 0. The molecule has 0 amide bonds. The molecule has 2 aromatic heterocycles. The van der Waals surface area contributed by atoms with Gasteiger partial charge in [-0.05, 0) is 33.2 Å². The fourth-order valence-electron chi connectivity index (χ4n) is 3.14. The van der Waals surface area contributed by atoms with Gasteiger partial charge in [0.05, 0.1) is 11.1 Å². The number of aromatic nitrogens is 4. The largest absolute Gasteiger partial charge is 0.310 e. The molecule has 2 heterocycles. The first kappa shape index (κ1) is 14.9. The topological polar surface area (TPSA) is 38.9 Å². The standard InChI is InChI=1S/C15H24ClN5/c1-5-20(12-6-7-12)8-9-21-14(10(2)16)17-13-11(3)18-19(4)15(13)21/h10,12H,5-9H2,1-4H3. The van der Waals surface area contributed by atoms with Gasteiger partial charge in [-0.2, -0.15) is 5.10 Å². The number of likely N-dealkylation sites (N-methyl/N-ethyl adjacent to an activating group) is 1. The molecule has 21 heavy (non-hydrogen) atoms. The van der Waals surface area contributed by atoms with Crippen LogP contribution in [0.3, 0.4) is 0 Å². The zero-order chi connectivity index (χ0) is 15.1. The highest BCUT2D eigenvalue weighted by Crippen LogP contribution is 2.28. The molecule has 1 aliphatic carbocycles. The van der Waals surface area contributed by atoms with Gasteiger partial charge in [0.15, 0.2) is 5.65 Å². The number of halogens is 1. The maximum absolute atomic E-state index is 6.34. The molecule has 116 valence electrons. The van der Waals surface area contributed by atoms with Crippen molar-refractivity contribution in [2.45, 2.75) is 51.6 Å². The van der Waals surface area contributed by atoms with E-state index < -0.39 is 0 Å². The highest BCUT2D eigenvalue weighted by atomic mass is 35.5. The van der Waals surface area contributed by atoms with Gasteiger partial charge in [0.25, 0.3) is 0 Å². The number of rotatable bonds is 6. The molecule has 0 N–H and O–H groups in total. The van der Waals surface area contributed by atoms with Crippen molar-refractivity contribution in [3.63, 3.8) is 0 Å². The van der Waals surface area contributed by atoms with Crippen molar-refractivity contribution < 1.29 is 0 Å². The van der Waals surface area contributed by atoms with Crippen molar-refractivity contribution in [1.82, 2.24) is 24.2 Å². The quantitative estimate of drug-likeness (QED) is 0.770. The fourth-order valence-corrected chi connectivity index (χ4v) is 3.31. The molecule has 1 atom stereocenters. The van der Waals surface area contributed by atoms with Crippen LogP contribution in [-0.2, 0) is 13.6 Å². The van der Waals surface area contributed by atoms with Crippen molar-refractivity contribution in [3.05, 3.63) is 11.5 Å². The van der Waals surface area contributed by atoms with Crippen molar-refractivity contribution in [2.24, 2.45) is 7.05 Å². The van der Waals surface area contributed by atoms with Crippen LogP contribution in [0, 0.1) is 6.92 Å². The lowest BCUT2D eigenvalue weighted by molar-refractivity contribution is 0.265. The molecular formula is C15H24ClN5. The summed E-state index contributed by atoms with van der Waals surface area (Å²) in [5.74, 6) is 0.953. The van der Waals surface area contributed by atoms with Crippen molar-refractivity contribution in [3.8, 4) is 0 Å². The molecule has 0 bridgehead atoms. The summed E-state index contributed by atoms with van der Waals surface area (Å²) >= 11 is 6.34. The smallest absolute Gasteiger partial charge is 0.158 e. The van der Waals surface area contributed by atoms with E-state index in [2.05, 4.69) is 21.5 Å². The molecule has 0 aliphatic heterocycles. The minimum Gasteiger partial charge on any atom is -0.310 e. The lowest BCUT2D eigenvalue weighted by atomic mass is 10.4. The summed E-state index contributed by atoms with van der Waals surface area (Å²) in [7, 11) is 1.98. The summed E-state index contributed by atoms with van der Waals surface area (Å²) in [6, 6.07) is 0.791. The van der Waals surface area contributed by atoms with Crippen molar-refractivity contribution in [1.29, 1.82) is 0 Å². The maximum atomic E-state index is 6.34. The van der Waals surface area contributed by atoms with E-state index in [-0.39, 0.29) is 5.38 Å². The second-order valence-corrected chi connectivity index (χ2v) is 6.63. The van der Waals surface area contributed by atoms with E-state index in [4.69, 9.17) is 16.6 Å². The second kappa shape index (κ2) is 5.61. The van der Waals surface area contributed by atoms with Gasteiger partial charge in [-0.25, -0.2) is 4.98 Å². The van der Waals surface area contributed by atoms with Gasteiger partial charge < -0.3 is 4.57 Å². The molecule has 0 spiro atoms. The Morgan fingerprint density at radius 3 is 2.71 bits per heavy atom. The molecule has 3 rings (SSSR count). The van der Waals surface area contributed by atoms with E-state index in [1.165, 1.54) is 12.8 Å². The molecule has 0 saturated heterocycles. The normalized spacial score (nSPS) is 17.0. The summed E-state index contributed by atoms with van der Waals surface area (Å²) in [5.41, 5.74) is 3.04. The van der Waals surface area contributed by atoms with E-state index in [0.717, 1.165) is 48.4 Å². The van der Waals surface area contributed by atoms with Crippen LogP contribution in [0.5, 0.6) is 0 Å². The van der Waals surface area contributed by atoms with Gasteiger partial charge in [-0.3, -0.25) is 9.58 Å². The first-order chi connectivity index (χ1) is 10.0. The van der Waals surface area contributed by atoms with Crippen LogP contribution in [0.1, 0.15) is 43.6 Å². The van der Waals surface area contributed by atoms with E-state index in [1.54, 1.807) is 0 Å². The molecule has 0 radical (unpaired) electrons. The molecule has 1 aliphatic rings. The number of alkyl halides is 1.